The van der Waals surface area contributed by atoms with Gasteiger partial charge in [0.2, 0.25) is 0 Å². The van der Waals surface area contributed by atoms with E-state index >= 15 is 0 Å². The fraction of sp³-hybridized carbons (Fsp3) is 0.125. The zero-order valence-corrected chi connectivity index (χ0v) is 12.5. The molecule has 1 amide bonds. The summed E-state index contributed by atoms with van der Waals surface area (Å²) in [6.45, 7) is 0.181. The Morgan fingerprint density at radius 3 is 2.79 bits per heavy atom. The zero-order valence-electron chi connectivity index (χ0n) is 12.5. The Hall–Kier alpha value is -3.42. The summed E-state index contributed by atoms with van der Waals surface area (Å²) in [5.41, 5.74) is -0.218. The number of hydrogen-bond donors (Lipinski definition) is 1. The van der Waals surface area contributed by atoms with Crippen LogP contribution in [0.5, 0.6) is 0 Å². The van der Waals surface area contributed by atoms with Crippen LogP contribution in [-0.4, -0.2) is 27.2 Å². The van der Waals surface area contributed by atoms with Crippen molar-refractivity contribution in [1.82, 2.24) is 15.1 Å². The Labute approximate surface area is 136 Å². The largest absolute Gasteiger partial charge is 0.467 e. The van der Waals surface area contributed by atoms with E-state index in [2.05, 4.69) is 10.4 Å². The molecule has 0 radical (unpaired) electrons. The summed E-state index contributed by atoms with van der Waals surface area (Å²) in [5.74, 6) is 0.104. The molecule has 24 heavy (non-hydrogen) atoms. The zero-order chi connectivity index (χ0) is 16.9. The van der Waals surface area contributed by atoms with Crippen molar-refractivity contribution in [1.29, 1.82) is 0 Å². The first-order valence-electron chi connectivity index (χ1n) is 7.21. The molecule has 0 bridgehead atoms. The van der Waals surface area contributed by atoms with E-state index in [-0.39, 0.29) is 23.8 Å². The van der Waals surface area contributed by atoms with E-state index in [0.29, 0.717) is 5.76 Å². The number of benzene rings is 1. The molecule has 3 aromatic rings. The molecule has 0 saturated carbocycles. The third-order valence-corrected chi connectivity index (χ3v) is 3.52. The molecule has 2 aromatic heterocycles. The highest BCUT2D eigenvalue weighted by Crippen LogP contribution is 2.19. The van der Waals surface area contributed by atoms with Crippen molar-refractivity contribution < 1.29 is 14.1 Å². The fourth-order valence-electron chi connectivity index (χ4n) is 2.38. The van der Waals surface area contributed by atoms with Crippen molar-refractivity contribution in [3.63, 3.8) is 0 Å². The lowest BCUT2D eigenvalue weighted by atomic mass is 10.1. The van der Waals surface area contributed by atoms with Gasteiger partial charge < -0.3 is 9.73 Å². The van der Waals surface area contributed by atoms with Gasteiger partial charge in [0.05, 0.1) is 11.2 Å². The summed E-state index contributed by atoms with van der Waals surface area (Å²) < 4.78 is 7.05. The SMILES string of the molecule is O=C(NCC(c1ccco1)n1cccn1)c1ccccc1[N+](=O)[O-]. The molecule has 0 aliphatic heterocycles. The van der Waals surface area contributed by atoms with Gasteiger partial charge in [-0.25, -0.2) is 0 Å². The van der Waals surface area contributed by atoms with Gasteiger partial charge in [0.15, 0.2) is 0 Å². The van der Waals surface area contributed by atoms with Gasteiger partial charge in [-0.2, -0.15) is 5.10 Å². The van der Waals surface area contributed by atoms with E-state index in [1.54, 1.807) is 41.3 Å². The normalized spacial score (nSPS) is 11.8. The van der Waals surface area contributed by atoms with E-state index in [0.717, 1.165) is 0 Å². The lowest BCUT2D eigenvalue weighted by molar-refractivity contribution is -0.385. The maximum absolute atomic E-state index is 12.3. The molecule has 0 aliphatic carbocycles. The van der Waals surface area contributed by atoms with E-state index in [1.807, 2.05) is 0 Å². The smallest absolute Gasteiger partial charge is 0.282 e. The average molecular weight is 326 g/mol. The van der Waals surface area contributed by atoms with Gasteiger partial charge in [-0.15, -0.1) is 0 Å². The van der Waals surface area contributed by atoms with Crippen LogP contribution in [0.1, 0.15) is 22.2 Å². The lowest BCUT2D eigenvalue weighted by Crippen LogP contribution is -2.31. The number of hydrogen-bond acceptors (Lipinski definition) is 5. The second-order valence-corrected chi connectivity index (χ2v) is 5.00. The number of furan rings is 1. The Bertz CT molecular complexity index is 793. The predicted molar refractivity (Wildman–Crippen MR) is 84.5 cm³/mol. The van der Waals surface area contributed by atoms with E-state index < -0.39 is 10.8 Å². The number of aromatic nitrogens is 2. The minimum atomic E-state index is -0.577. The molecular formula is C16H14N4O4. The van der Waals surface area contributed by atoms with Crippen molar-refractivity contribution in [3.05, 3.63) is 82.6 Å². The van der Waals surface area contributed by atoms with Crippen molar-refractivity contribution >= 4 is 11.6 Å². The highest BCUT2D eigenvalue weighted by atomic mass is 16.6. The topological polar surface area (TPSA) is 103 Å². The second kappa shape index (κ2) is 6.78. The van der Waals surface area contributed by atoms with Crippen LogP contribution in [0.4, 0.5) is 5.69 Å². The second-order valence-electron chi connectivity index (χ2n) is 5.00. The van der Waals surface area contributed by atoms with Crippen LogP contribution in [0.3, 0.4) is 0 Å². The van der Waals surface area contributed by atoms with Crippen molar-refractivity contribution in [3.8, 4) is 0 Å². The Kier molecular flexibility index (Phi) is 4.37. The Balaban J connectivity index is 1.78. The van der Waals surface area contributed by atoms with Crippen LogP contribution in [0, 0.1) is 10.1 Å². The van der Waals surface area contributed by atoms with Gasteiger partial charge in [-0.05, 0) is 24.3 Å². The predicted octanol–water partition coefficient (Wildman–Crippen LogP) is 2.40. The summed E-state index contributed by atoms with van der Waals surface area (Å²) in [4.78, 5) is 22.8. The van der Waals surface area contributed by atoms with Gasteiger partial charge in [0.1, 0.15) is 17.4 Å². The highest BCUT2D eigenvalue weighted by Gasteiger charge is 2.22. The third kappa shape index (κ3) is 3.17. The number of nitrogens with zero attached hydrogens (tertiary/aromatic N) is 3. The number of carbonyl (C=O) groups excluding carboxylic acids is 1. The van der Waals surface area contributed by atoms with Crippen LogP contribution in [-0.2, 0) is 0 Å². The molecule has 8 nitrogen and oxygen atoms in total. The molecule has 1 N–H and O–H groups in total. The number of para-hydroxylation sites is 1. The number of amides is 1. The maximum atomic E-state index is 12.3. The van der Waals surface area contributed by atoms with Gasteiger partial charge in [-0.3, -0.25) is 19.6 Å². The number of nitro benzene ring substituents is 1. The molecule has 0 fully saturated rings. The first-order valence-corrected chi connectivity index (χ1v) is 7.21. The summed E-state index contributed by atoms with van der Waals surface area (Å²) >= 11 is 0. The van der Waals surface area contributed by atoms with Crippen molar-refractivity contribution in [2.24, 2.45) is 0 Å². The number of rotatable bonds is 6. The van der Waals surface area contributed by atoms with Crippen LogP contribution >= 0.6 is 0 Å². The molecule has 122 valence electrons. The summed E-state index contributed by atoms with van der Waals surface area (Å²) in [7, 11) is 0. The van der Waals surface area contributed by atoms with Gasteiger partial charge in [0.25, 0.3) is 11.6 Å². The molecule has 1 atom stereocenters. The van der Waals surface area contributed by atoms with Gasteiger partial charge >= 0.3 is 0 Å². The summed E-state index contributed by atoms with van der Waals surface area (Å²) in [5, 5.41) is 17.9. The van der Waals surface area contributed by atoms with Crippen LogP contribution in [0.15, 0.2) is 65.5 Å². The maximum Gasteiger partial charge on any atom is 0.282 e. The highest BCUT2D eigenvalue weighted by molar-refractivity contribution is 5.98. The van der Waals surface area contributed by atoms with E-state index in [1.165, 1.54) is 24.5 Å². The molecule has 0 aliphatic rings. The molecular weight excluding hydrogens is 312 g/mol. The Morgan fingerprint density at radius 1 is 1.29 bits per heavy atom. The lowest BCUT2D eigenvalue weighted by Gasteiger charge is -2.16. The first kappa shape index (κ1) is 15.5. The monoisotopic (exact) mass is 326 g/mol. The summed E-state index contributed by atoms with van der Waals surface area (Å²) in [6, 6.07) is 10.8. The molecule has 1 unspecified atom stereocenters. The molecule has 8 heteroatoms. The molecule has 0 spiro atoms. The Morgan fingerprint density at radius 2 is 2.12 bits per heavy atom. The molecule has 1 aromatic carbocycles. The molecule has 2 heterocycles. The molecule has 0 saturated heterocycles. The number of carbonyl (C=O) groups is 1. The quantitative estimate of drug-likeness (QED) is 0.553. The van der Waals surface area contributed by atoms with Crippen LogP contribution in [0.25, 0.3) is 0 Å². The standard InChI is InChI=1S/C16H14N4O4/c21-16(12-5-1-2-6-13(12)20(22)23)17-11-14(15-7-3-10-24-15)19-9-4-8-18-19/h1-10,14H,11H2,(H,17,21). The van der Waals surface area contributed by atoms with E-state index in [9.17, 15) is 14.9 Å². The van der Waals surface area contributed by atoms with Gasteiger partial charge in [0, 0.05) is 25.0 Å². The van der Waals surface area contributed by atoms with E-state index in [4.69, 9.17) is 4.42 Å². The summed E-state index contributed by atoms with van der Waals surface area (Å²) in [6.07, 6.45) is 4.92. The minimum Gasteiger partial charge on any atom is -0.467 e. The van der Waals surface area contributed by atoms with Crippen molar-refractivity contribution in [2.75, 3.05) is 6.54 Å². The average Bonchev–Trinajstić information content (AvgIpc) is 3.29. The number of nitrogens with one attached hydrogen (secondary N) is 1. The van der Waals surface area contributed by atoms with Crippen LogP contribution < -0.4 is 5.32 Å². The first-order chi connectivity index (χ1) is 11.7. The van der Waals surface area contributed by atoms with Gasteiger partial charge in [-0.1, -0.05) is 12.1 Å². The van der Waals surface area contributed by atoms with Crippen molar-refractivity contribution in [2.45, 2.75) is 6.04 Å². The molecule has 3 rings (SSSR count). The minimum absolute atomic E-state index is 0.0150. The third-order valence-electron chi connectivity index (χ3n) is 3.52. The number of nitro groups is 1. The fourth-order valence-corrected chi connectivity index (χ4v) is 2.38. The van der Waals surface area contributed by atoms with Crippen LogP contribution in [0.2, 0.25) is 0 Å².